The van der Waals surface area contributed by atoms with Gasteiger partial charge in [0.15, 0.2) is 5.82 Å². The molecule has 0 spiro atoms. The summed E-state index contributed by atoms with van der Waals surface area (Å²) in [6, 6.07) is 3.71. The summed E-state index contributed by atoms with van der Waals surface area (Å²) in [7, 11) is 0. The molecule has 0 saturated carbocycles. The van der Waals surface area contributed by atoms with Crippen LogP contribution in [-0.2, 0) is 0 Å². The molecule has 5 heteroatoms. The highest BCUT2D eigenvalue weighted by molar-refractivity contribution is 5.52. The predicted molar refractivity (Wildman–Crippen MR) is 56.6 cm³/mol. The standard InChI is InChI=1S/C10H13FN2O2/c1-3-12(4-2)10-6-5-8(13(14)15)7-9(10)11/h5-7H,3-4H2,1-2H3. The topological polar surface area (TPSA) is 46.4 Å². The van der Waals surface area contributed by atoms with Gasteiger partial charge in [0.2, 0.25) is 0 Å². The third-order valence-electron chi connectivity index (χ3n) is 2.25. The normalized spacial score (nSPS) is 10.1. The summed E-state index contributed by atoms with van der Waals surface area (Å²) < 4.78 is 13.5. The van der Waals surface area contributed by atoms with Gasteiger partial charge in [-0.1, -0.05) is 0 Å². The van der Waals surface area contributed by atoms with E-state index < -0.39 is 10.7 Å². The Labute approximate surface area is 87.5 Å². The van der Waals surface area contributed by atoms with Crippen LogP contribution in [0.25, 0.3) is 0 Å². The molecule has 0 aliphatic rings. The Bertz CT molecular complexity index is 364. The van der Waals surface area contributed by atoms with Gasteiger partial charge >= 0.3 is 0 Å². The lowest BCUT2D eigenvalue weighted by Crippen LogP contribution is -2.22. The smallest absolute Gasteiger partial charge is 0.272 e. The summed E-state index contributed by atoms with van der Waals surface area (Å²) in [5.74, 6) is -0.548. The maximum atomic E-state index is 13.5. The van der Waals surface area contributed by atoms with Gasteiger partial charge in [-0.25, -0.2) is 4.39 Å². The SMILES string of the molecule is CCN(CC)c1ccc([N+](=O)[O-])cc1F. The van der Waals surface area contributed by atoms with E-state index in [1.165, 1.54) is 12.1 Å². The van der Waals surface area contributed by atoms with Crippen LogP contribution in [0.4, 0.5) is 15.8 Å². The Morgan fingerprint density at radius 3 is 2.40 bits per heavy atom. The van der Waals surface area contributed by atoms with E-state index >= 15 is 0 Å². The van der Waals surface area contributed by atoms with E-state index in [1.807, 2.05) is 13.8 Å². The van der Waals surface area contributed by atoms with Crippen LogP contribution in [0.2, 0.25) is 0 Å². The highest BCUT2D eigenvalue weighted by Crippen LogP contribution is 2.23. The lowest BCUT2D eigenvalue weighted by atomic mass is 10.2. The zero-order chi connectivity index (χ0) is 11.4. The molecule has 0 aliphatic carbocycles. The van der Waals surface area contributed by atoms with E-state index in [2.05, 4.69) is 0 Å². The molecule has 0 aromatic heterocycles. The van der Waals surface area contributed by atoms with Crippen LogP contribution in [0.5, 0.6) is 0 Å². The van der Waals surface area contributed by atoms with Crippen molar-refractivity contribution in [2.75, 3.05) is 18.0 Å². The van der Waals surface area contributed by atoms with Crippen LogP contribution < -0.4 is 4.90 Å². The number of non-ortho nitro benzene ring substituents is 1. The van der Waals surface area contributed by atoms with E-state index in [9.17, 15) is 14.5 Å². The van der Waals surface area contributed by atoms with Crippen molar-refractivity contribution >= 4 is 11.4 Å². The second-order valence-electron chi connectivity index (χ2n) is 3.07. The van der Waals surface area contributed by atoms with Crippen LogP contribution in [0.15, 0.2) is 18.2 Å². The molecule has 0 unspecified atom stereocenters. The van der Waals surface area contributed by atoms with E-state index in [4.69, 9.17) is 0 Å². The molecule has 4 nitrogen and oxygen atoms in total. The number of hydrogen-bond donors (Lipinski definition) is 0. The average molecular weight is 212 g/mol. The summed E-state index contributed by atoms with van der Waals surface area (Å²) >= 11 is 0. The predicted octanol–water partition coefficient (Wildman–Crippen LogP) is 2.58. The molecule has 0 amide bonds. The van der Waals surface area contributed by atoms with Crippen LogP contribution in [0.1, 0.15) is 13.8 Å². The molecule has 1 aromatic rings. The first kappa shape index (κ1) is 11.4. The number of nitro groups is 1. The lowest BCUT2D eigenvalue weighted by molar-refractivity contribution is -0.385. The number of nitrogens with zero attached hydrogens (tertiary/aromatic N) is 2. The molecule has 0 heterocycles. The lowest BCUT2D eigenvalue weighted by Gasteiger charge is -2.21. The van der Waals surface area contributed by atoms with Crippen molar-refractivity contribution in [2.45, 2.75) is 13.8 Å². The number of hydrogen-bond acceptors (Lipinski definition) is 3. The molecule has 0 saturated heterocycles. The minimum Gasteiger partial charge on any atom is -0.370 e. The van der Waals surface area contributed by atoms with Gasteiger partial charge < -0.3 is 4.90 Å². The highest BCUT2D eigenvalue weighted by atomic mass is 19.1. The van der Waals surface area contributed by atoms with Gasteiger partial charge in [-0.2, -0.15) is 0 Å². The average Bonchev–Trinajstić information content (AvgIpc) is 2.21. The van der Waals surface area contributed by atoms with Crippen molar-refractivity contribution < 1.29 is 9.31 Å². The number of benzene rings is 1. The Morgan fingerprint density at radius 1 is 1.40 bits per heavy atom. The van der Waals surface area contributed by atoms with E-state index in [0.29, 0.717) is 18.8 Å². The summed E-state index contributed by atoms with van der Waals surface area (Å²) in [6.07, 6.45) is 0. The van der Waals surface area contributed by atoms with Crippen molar-refractivity contribution in [3.8, 4) is 0 Å². The molecule has 0 fully saturated rings. The summed E-state index contributed by atoms with van der Waals surface area (Å²) in [6.45, 7) is 5.16. The second-order valence-corrected chi connectivity index (χ2v) is 3.07. The van der Waals surface area contributed by atoms with Crippen molar-refractivity contribution in [2.24, 2.45) is 0 Å². The molecule has 0 N–H and O–H groups in total. The minimum atomic E-state index is -0.602. The molecule has 1 rings (SSSR count). The first-order chi connectivity index (χ1) is 7.10. The molecule has 0 atom stereocenters. The largest absolute Gasteiger partial charge is 0.370 e. The third kappa shape index (κ3) is 2.43. The van der Waals surface area contributed by atoms with E-state index in [0.717, 1.165) is 6.07 Å². The molecule has 1 aromatic carbocycles. The van der Waals surface area contributed by atoms with Crippen molar-refractivity contribution in [3.05, 3.63) is 34.1 Å². The monoisotopic (exact) mass is 212 g/mol. The van der Waals surface area contributed by atoms with Crippen LogP contribution in [0, 0.1) is 15.9 Å². The van der Waals surface area contributed by atoms with Crippen LogP contribution in [-0.4, -0.2) is 18.0 Å². The number of nitro benzene ring substituents is 1. The Morgan fingerprint density at radius 2 is 2.00 bits per heavy atom. The summed E-state index contributed by atoms with van der Waals surface area (Å²) in [5, 5.41) is 10.4. The Kier molecular flexibility index (Phi) is 3.60. The van der Waals surface area contributed by atoms with Gasteiger partial charge in [-0.15, -0.1) is 0 Å². The fourth-order valence-electron chi connectivity index (χ4n) is 1.43. The molecule has 15 heavy (non-hydrogen) atoms. The maximum Gasteiger partial charge on any atom is 0.272 e. The quantitative estimate of drug-likeness (QED) is 0.569. The summed E-state index contributed by atoms with van der Waals surface area (Å²) in [5.41, 5.74) is 0.189. The van der Waals surface area contributed by atoms with Crippen LogP contribution >= 0.6 is 0 Å². The van der Waals surface area contributed by atoms with Gasteiger partial charge in [0.25, 0.3) is 5.69 Å². The molecular weight excluding hydrogens is 199 g/mol. The van der Waals surface area contributed by atoms with Gasteiger partial charge in [-0.3, -0.25) is 10.1 Å². The molecule has 82 valence electrons. The Hall–Kier alpha value is -1.65. The third-order valence-corrected chi connectivity index (χ3v) is 2.25. The van der Waals surface area contributed by atoms with Gasteiger partial charge in [0, 0.05) is 19.2 Å². The van der Waals surface area contributed by atoms with E-state index in [-0.39, 0.29) is 5.69 Å². The molecular formula is C10H13FN2O2. The maximum absolute atomic E-state index is 13.5. The first-order valence-electron chi connectivity index (χ1n) is 4.79. The number of anilines is 1. The number of rotatable bonds is 4. The molecule has 0 bridgehead atoms. The highest BCUT2D eigenvalue weighted by Gasteiger charge is 2.13. The Balaban J connectivity index is 3.07. The molecule has 0 aliphatic heterocycles. The first-order valence-corrected chi connectivity index (χ1v) is 4.79. The summed E-state index contributed by atoms with van der Waals surface area (Å²) in [4.78, 5) is 11.6. The van der Waals surface area contributed by atoms with Crippen LogP contribution in [0.3, 0.4) is 0 Å². The van der Waals surface area contributed by atoms with Gasteiger partial charge in [-0.05, 0) is 19.9 Å². The van der Waals surface area contributed by atoms with Gasteiger partial charge in [0.05, 0.1) is 16.7 Å². The zero-order valence-corrected chi connectivity index (χ0v) is 8.74. The second kappa shape index (κ2) is 4.72. The van der Waals surface area contributed by atoms with E-state index in [1.54, 1.807) is 4.90 Å². The number of halogens is 1. The molecule has 0 radical (unpaired) electrons. The van der Waals surface area contributed by atoms with Gasteiger partial charge in [0.1, 0.15) is 0 Å². The van der Waals surface area contributed by atoms with Crippen molar-refractivity contribution in [1.29, 1.82) is 0 Å². The fraction of sp³-hybridized carbons (Fsp3) is 0.400. The van der Waals surface area contributed by atoms with Crippen molar-refractivity contribution in [1.82, 2.24) is 0 Å². The zero-order valence-electron chi connectivity index (χ0n) is 8.74. The van der Waals surface area contributed by atoms with Crippen molar-refractivity contribution in [3.63, 3.8) is 0 Å². The minimum absolute atomic E-state index is 0.219. The fourth-order valence-corrected chi connectivity index (χ4v) is 1.43.